The van der Waals surface area contributed by atoms with Crippen molar-refractivity contribution < 1.29 is 4.74 Å². The maximum atomic E-state index is 5.38. The van der Waals surface area contributed by atoms with E-state index >= 15 is 0 Å². The van der Waals surface area contributed by atoms with Crippen molar-refractivity contribution in [1.82, 2.24) is 19.8 Å². The molecule has 0 bridgehead atoms. The number of ether oxygens (including phenoxy) is 1. The van der Waals surface area contributed by atoms with Gasteiger partial charge in [0.05, 0.1) is 13.2 Å². The fraction of sp³-hybridized carbons (Fsp3) is 0.714. The smallest absolute Gasteiger partial charge is 0.131 e. The summed E-state index contributed by atoms with van der Waals surface area (Å²) in [4.78, 5) is 15.7. The van der Waals surface area contributed by atoms with Gasteiger partial charge < -0.3 is 9.64 Å². The van der Waals surface area contributed by atoms with Gasteiger partial charge >= 0.3 is 0 Å². The number of aromatic nitrogens is 2. The van der Waals surface area contributed by atoms with Crippen LogP contribution in [0.4, 0.5) is 5.82 Å². The van der Waals surface area contributed by atoms with E-state index in [1.807, 2.05) is 12.3 Å². The molecule has 2 aliphatic heterocycles. The lowest BCUT2D eigenvalue weighted by atomic mass is 10.3. The minimum atomic E-state index is 0.890. The highest BCUT2D eigenvalue weighted by atomic mass is 16.5. The van der Waals surface area contributed by atoms with Gasteiger partial charge in [-0.25, -0.2) is 9.97 Å². The molecule has 1 aromatic heterocycles. The van der Waals surface area contributed by atoms with E-state index in [1.165, 1.54) is 0 Å². The lowest BCUT2D eigenvalue weighted by molar-refractivity contribution is 0.0331. The molecule has 0 radical (unpaired) electrons. The van der Waals surface area contributed by atoms with Crippen LogP contribution in [0.2, 0.25) is 0 Å². The van der Waals surface area contributed by atoms with Gasteiger partial charge in [-0.2, -0.15) is 0 Å². The number of anilines is 1. The summed E-state index contributed by atoms with van der Waals surface area (Å²) in [6.07, 6.45) is 3.44. The Hall–Kier alpha value is -1.24. The second kappa shape index (κ2) is 6.97. The van der Waals surface area contributed by atoms with Crippen molar-refractivity contribution in [2.24, 2.45) is 0 Å². The zero-order chi connectivity index (χ0) is 13.6. The van der Waals surface area contributed by atoms with E-state index in [0.717, 1.165) is 71.4 Å². The first-order valence-corrected chi connectivity index (χ1v) is 7.45. The van der Waals surface area contributed by atoms with Crippen LogP contribution >= 0.6 is 0 Å². The standard InChI is InChI=1S/C14H23N5O/c1-2-15-13-16-14(1)19-7-5-17(6-8-19)3-4-18-9-11-20-12-10-18/h1-2,13H,3-12H2. The molecular formula is C14H23N5O. The monoisotopic (exact) mass is 277 g/mol. The highest BCUT2D eigenvalue weighted by Crippen LogP contribution is 2.11. The average molecular weight is 277 g/mol. The van der Waals surface area contributed by atoms with E-state index < -0.39 is 0 Å². The van der Waals surface area contributed by atoms with Crippen LogP contribution in [0.3, 0.4) is 0 Å². The first-order valence-electron chi connectivity index (χ1n) is 7.45. The van der Waals surface area contributed by atoms with Crippen LogP contribution in [-0.4, -0.2) is 85.3 Å². The molecule has 0 aliphatic carbocycles. The van der Waals surface area contributed by atoms with Gasteiger partial charge in [0.2, 0.25) is 0 Å². The van der Waals surface area contributed by atoms with Gasteiger partial charge in [0.15, 0.2) is 0 Å². The molecule has 6 heteroatoms. The van der Waals surface area contributed by atoms with Gasteiger partial charge in [-0.05, 0) is 6.07 Å². The van der Waals surface area contributed by atoms with Gasteiger partial charge in [-0.1, -0.05) is 0 Å². The minimum Gasteiger partial charge on any atom is -0.379 e. The van der Waals surface area contributed by atoms with Crippen LogP contribution in [0.15, 0.2) is 18.6 Å². The van der Waals surface area contributed by atoms with Crippen molar-refractivity contribution in [3.63, 3.8) is 0 Å². The maximum absolute atomic E-state index is 5.38. The Morgan fingerprint density at radius 3 is 2.30 bits per heavy atom. The molecule has 110 valence electrons. The first kappa shape index (κ1) is 13.7. The fourth-order valence-corrected chi connectivity index (χ4v) is 2.78. The Bertz CT molecular complexity index is 388. The molecule has 0 atom stereocenters. The van der Waals surface area contributed by atoms with Crippen LogP contribution in [0.25, 0.3) is 0 Å². The van der Waals surface area contributed by atoms with Crippen LogP contribution in [0, 0.1) is 0 Å². The Kier molecular flexibility index (Phi) is 4.78. The highest BCUT2D eigenvalue weighted by molar-refractivity contribution is 5.36. The molecule has 0 spiro atoms. The third kappa shape index (κ3) is 3.65. The quantitative estimate of drug-likeness (QED) is 0.768. The second-order valence-corrected chi connectivity index (χ2v) is 5.35. The molecule has 2 aliphatic rings. The zero-order valence-electron chi connectivity index (χ0n) is 11.9. The first-order chi connectivity index (χ1) is 9.92. The average Bonchev–Trinajstić information content (AvgIpc) is 2.55. The van der Waals surface area contributed by atoms with Gasteiger partial charge in [-0.3, -0.25) is 9.80 Å². The van der Waals surface area contributed by atoms with Crippen molar-refractivity contribution >= 4 is 5.82 Å². The lowest BCUT2D eigenvalue weighted by Gasteiger charge is -2.36. The van der Waals surface area contributed by atoms with Crippen molar-refractivity contribution in [2.45, 2.75) is 0 Å². The lowest BCUT2D eigenvalue weighted by Crippen LogP contribution is -2.49. The van der Waals surface area contributed by atoms with Crippen molar-refractivity contribution in [3.8, 4) is 0 Å². The molecule has 20 heavy (non-hydrogen) atoms. The number of nitrogens with zero attached hydrogens (tertiary/aromatic N) is 5. The molecule has 3 rings (SSSR count). The molecule has 0 amide bonds. The largest absolute Gasteiger partial charge is 0.379 e. The summed E-state index contributed by atoms with van der Waals surface area (Å²) in [6.45, 7) is 10.6. The molecule has 0 unspecified atom stereocenters. The summed E-state index contributed by atoms with van der Waals surface area (Å²) in [5.74, 6) is 1.05. The molecule has 2 saturated heterocycles. The minimum absolute atomic E-state index is 0.890. The van der Waals surface area contributed by atoms with E-state index in [2.05, 4.69) is 24.7 Å². The molecular weight excluding hydrogens is 254 g/mol. The third-order valence-corrected chi connectivity index (χ3v) is 4.10. The van der Waals surface area contributed by atoms with Crippen LogP contribution in [0.5, 0.6) is 0 Å². The molecule has 0 aromatic carbocycles. The Balaban J connectivity index is 1.40. The number of hydrogen-bond acceptors (Lipinski definition) is 6. The third-order valence-electron chi connectivity index (χ3n) is 4.10. The Labute approximate surface area is 120 Å². The van der Waals surface area contributed by atoms with E-state index in [0.29, 0.717) is 0 Å². The topological polar surface area (TPSA) is 44.7 Å². The maximum Gasteiger partial charge on any atom is 0.131 e. The number of rotatable bonds is 4. The molecule has 1 aromatic rings. The summed E-state index contributed by atoms with van der Waals surface area (Å²) in [5.41, 5.74) is 0. The predicted octanol–water partition coefficient (Wildman–Crippen LogP) is -0.0692. The molecule has 0 saturated carbocycles. The Morgan fingerprint density at radius 2 is 1.65 bits per heavy atom. The van der Waals surface area contributed by atoms with Crippen molar-refractivity contribution in [1.29, 1.82) is 0 Å². The summed E-state index contributed by atoms with van der Waals surface area (Å²) in [6, 6.07) is 1.99. The second-order valence-electron chi connectivity index (χ2n) is 5.35. The fourth-order valence-electron chi connectivity index (χ4n) is 2.78. The van der Waals surface area contributed by atoms with Crippen LogP contribution < -0.4 is 4.90 Å². The van der Waals surface area contributed by atoms with Gasteiger partial charge in [-0.15, -0.1) is 0 Å². The van der Waals surface area contributed by atoms with Gasteiger partial charge in [0.1, 0.15) is 12.1 Å². The van der Waals surface area contributed by atoms with Gasteiger partial charge in [0.25, 0.3) is 0 Å². The van der Waals surface area contributed by atoms with E-state index in [4.69, 9.17) is 4.74 Å². The van der Waals surface area contributed by atoms with Crippen molar-refractivity contribution in [2.75, 3.05) is 70.5 Å². The summed E-state index contributed by atoms with van der Waals surface area (Å²) >= 11 is 0. The van der Waals surface area contributed by atoms with E-state index in [-0.39, 0.29) is 0 Å². The summed E-state index contributed by atoms with van der Waals surface area (Å²) in [7, 11) is 0. The normalized spacial score (nSPS) is 22.1. The highest BCUT2D eigenvalue weighted by Gasteiger charge is 2.18. The van der Waals surface area contributed by atoms with E-state index in [9.17, 15) is 0 Å². The SMILES string of the molecule is c1cc(N2CCN(CCN3CCOCC3)CC2)ncn1. The number of morpholine rings is 1. The summed E-state index contributed by atoms with van der Waals surface area (Å²) < 4.78 is 5.38. The molecule has 3 heterocycles. The van der Waals surface area contributed by atoms with Crippen LogP contribution in [0.1, 0.15) is 0 Å². The molecule has 2 fully saturated rings. The van der Waals surface area contributed by atoms with Crippen LogP contribution in [-0.2, 0) is 4.74 Å². The van der Waals surface area contributed by atoms with Crippen molar-refractivity contribution in [3.05, 3.63) is 18.6 Å². The van der Waals surface area contributed by atoms with Gasteiger partial charge in [0, 0.05) is 58.6 Å². The molecule has 0 N–H and O–H groups in total. The van der Waals surface area contributed by atoms with E-state index in [1.54, 1.807) is 6.33 Å². The number of piperazine rings is 1. The summed E-state index contributed by atoms with van der Waals surface area (Å²) in [5, 5.41) is 0. The Morgan fingerprint density at radius 1 is 0.950 bits per heavy atom. The predicted molar refractivity (Wildman–Crippen MR) is 77.9 cm³/mol. The number of hydrogen-bond donors (Lipinski definition) is 0. The molecule has 6 nitrogen and oxygen atoms in total. The zero-order valence-corrected chi connectivity index (χ0v) is 11.9.